The van der Waals surface area contributed by atoms with Gasteiger partial charge in [0.25, 0.3) is 0 Å². The summed E-state index contributed by atoms with van der Waals surface area (Å²) in [7, 11) is 0. The Bertz CT molecular complexity index is 494. The Balaban J connectivity index is 2.80. The number of halogens is 1. The van der Waals surface area contributed by atoms with Crippen molar-refractivity contribution in [2.75, 3.05) is 6.61 Å². The zero-order valence-electron chi connectivity index (χ0n) is 13.3. The van der Waals surface area contributed by atoms with Crippen LogP contribution < -0.4 is 5.32 Å². The van der Waals surface area contributed by atoms with Crippen LogP contribution in [0.4, 0.5) is 9.18 Å². The van der Waals surface area contributed by atoms with Crippen molar-refractivity contribution in [2.24, 2.45) is 0 Å². The largest absolute Gasteiger partial charge is 0.444 e. The van der Waals surface area contributed by atoms with Gasteiger partial charge in [-0.25, -0.2) is 9.18 Å². The number of carbonyl (C=O) groups excluding carboxylic acids is 1. The second-order valence-electron chi connectivity index (χ2n) is 5.99. The highest BCUT2D eigenvalue weighted by Gasteiger charge is 2.22. The molecule has 4 nitrogen and oxygen atoms in total. The third-order valence-corrected chi connectivity index (χ3v) is 2.77. The lowest BCUT2D eigenvalue weighted by Gasteiger charge is -2.23. The summed E-state index contributed by atoms with van der Waals surface area (Å²) in [6.07, 6.45) is 1.13. The predicted octanol–water partition coefficient (Wildman–Crippen LogP) is 3.36. The molecule has 5 heteroatoms. The molecule has 1 amide bonds. The number of hydrogen-bond donors (Lipinski definition) is 2. The van der Waals surface area contributed by atoms with Gasteiger partial charge in [-0.1, -0.05) is 30.3 Å². The molecule has 0 heterocycles. The molecule has 2 N–H and O–H groups in total. The Labute approximate surface area is 131 Å². The number of ether oxygens (including phenoxy) is 1. The van der Waals surface area contributed by atoms with Crippen molar-refractivity contribution in [1.29, 1.82) is 0 Å². The van der Waals surface area contributed by atoms with Gasteiger partial charge in [-0.3, -0.25) is 0 Å². The summed E-state index contributed by atoms with van der Waals surface area (Å²) in [6.45, 7) is 5.10. The topological polar surface area (TPSA) is 58.6 Å². The fourth-order valence-electron chi connectivity index (χ4n) is 1.86. The van der Waals surface area contributed by atoms with Crippen molar-refractivity contribution < 1.29 is 19.0 Å². The predicted molar refractivity (Wildman–Crippen MR) is 84.2 cm³/mol. The molecule has 0 radical (unpaired) electrons. The van der Waals surface area contributed by atoms with Crippen LogP contribution in [0.5, 0.6) is 0 Å². The van der Waals surface area contributed by atoms with Crippen LogP contribution >= 0.6 is 0 Å². The third-order valence-electron chi connectivity index (χ3n) is 2.77. The molecule has 0 aliphatic carbocycles. The summed E-state index contributed by atoms with van der Waals surface area (Å²) in [5.41, 5.74) is 0.253. The van der Waals surface area contributed by atoms with Crippen molar-refractivity contribution in [3.8, 4) is 0 Å². The Kier molecular flexibility index (Phi) is 7.05. The zero-order valence-corrected chi connectivity index (χ0v) is 13.3. The van der Waals surface area contributed by atoms with E-state index in [-0.39, 0.29) is 13.0 Å². The lowest BCUT2D eigenvalue weighted by molar-refractivity contribution is 0.0506. The summed E-state index contributed by atoms with van der Waals surface area (Å²) in [6, 6.07) is 8.50. The minimum Gasteiger partial charge on any atom is -0.444 e. The van der Waals surface area contributed by atoms with Crippen LogP contribution in [0.15, 0.2) is 42.2 Å². The van der Waals surface area contributed by atoms with Crippen LogP contribution in [0.2, 0.25) is 0 Å². The maximum atomic E-state index is 14.2. The van der Waals surface area contributed by atoms with Gasteiger partial charge in [-0.2, -0.15) is 0 Å². The van der Waals surface area contributed by atoms with E-state index in [2.05, 4.69) is 5.32 Å². The Morgan fingerprint density at radius 3 is 2.55 bits per heavy atom. The molecule has 122 valence electrons. The van der Waals surface area contributed by atoms with Crippen LogP contribution in [-0.2, 0) is 11.2 Å². The number of nitrogens with one attached hydrogen (secondary N) is 1. The molecule has 1 atom stereocenters. The van der Waals surface area contributed by atoms with Crippen LogP contribution in [0, 0.1) is 0 Å². The Morgan fingerprint density at radius 1 is 1.36 bits per heavy atom. The van der Waals surface area contributed by atoms with E-state index in [1.807, 2.05) is 30.3 Å². The fourth-order valence-corrected chi connectivity index (χ4v) is 1.86. The van der Waals surface area contributed by atoms with E-state index in [4.69, 9.17) is 9.84 Å². The number of rotatable bonds is 6. The molecule has 0 aliphatic rings. The molecule has 0 saturated heterocycles. The van der Waals surface area contributed by atoms with E-state index < -0.39 is 23.6 Å². The monoisotopic (exact) mass is 309 g/mol. The van der Waals surface area contributed by atoms with E-state index in [1.165, 1.54) is 6.08 Å². The average Bonchev–Trinajstić information content (AvgIpc) is 2.43. The molecule has 0 spiro atoms. The van der Waals surface area contributed by atoms with E-state index in [9.17, 15) is 9.18 Å². The van der Waals surface area contributed by atoms with Crippen LogP contribution in [0.1, 0.15) is 32.8 Å². The number of alkyl carbamates (subject to hydrolysis) is 1. The molecule has 1 aromatic carbocycles. The smallest absolute Gasteiger partial charge is 0.408 e. The summed E-state index contributed by atoms with van der Waals surface area (Å²) in [5.74, 6) is -0.483. The molecule has 0 bridgehead atoms. The number of aliphatic hydroxyl groups is 1. The summed E-state index contributed by atoms with van der Waals surface area (Å²) in [5, 5.41) is 11.3. The SMILES string of the molecule is CC(C)(C)OC(=O)NC(Cc1ccccc1)/C(F)=C\CCO. The minimum absolute atomic E-state index is 0.141. The van der Waals surface area contributed by atoms with Gasteiger partial charge >= 0.3 is 6.09 Å². The van der Waals surface area contributed by atoms with Gasteiger partial charge in [0.15, 0.2) is 0 Å². The molecule has 1 rings (SSSR count). The maximum absolute atomic E-state index is 14.2. The van der Waals surface area contributed by atoms with Crippen LogP contribution in [0.25, 0.3) is 0 Å². The molecular weight excluding hydrogens is 285 g/mol. The maximum Gasteiger partial charge on any atom is 0.408 e. The number of hydrogen-bond acceptors (Lipinski definition) is 3. The lowest BCUT2D eigenvalue weighted by Crippen LogP contribution is -2.40. The van der Waals surface area contributed by atoms with Gasteiger partial charge < -0.3 is 15.2 Å². The molecule has 1 unspecified atom stereocenters. The highest BCUT2D eigenvalue weighted by Crippen LogP contribution is 2.14. The number of aliphatic hydroxyl groups excluding tert-OH is 1. The van der Waals surface area contributed by atoms with Crippen molar-refractivity contribution in [2.45, 2.75) is 45.3 Å². The first-order valence-electron chi connectivity index (χ1n) is 7.31. The van der Waals surface area contributed by atoms with Gasteiger partial charge in [0.05, 0.1) is 6.04 Å². The van der Waals surface area contributed by atoms with Crippen LogP contribution in [-0.4, -0.2) is 29.4 Å². The second-order valence-corrected chi connectivity index (χ2v) is 5.99. The third kappa shape index (κ3) is 7.22. The zero-order chi connectivity index (χ0) is 16.6. The first-order chi connectivity index (χ1) is 10.3. The highest BCUT2D eigenvalue weighted by atomic mass is 19.1. The first-order valence-corrected chi connectivity index (χ1v) is 7.31. The van der Waals surface area contributed by atoms with Gasteiger partial charge in [-0.15, -0.1) is 0 Å². The normalized spacial score (nSPS) is 13.6. The van der Waals surface area contributed by atoms with Crippen LogP contribution in [0.3, 0.4) is 0 Å². The number of carbonyl (C=O) groups is 1. The van der Waals surface area contributed by atoms with E-state index in [0.29, 0.717) is 6.42 Å². The van der Waals surface area contributed by atoms with Gasteiger partial charge in [0.2, 0.25) is 0 Å². The van der Waals surface area contributed by atoms with Gasteiger partial charge in [0.1, 0.15) is 11.4 Å². The molecule has 0 aromatic heterocycles. The highest BCUT2D eigenvalue weighted by molar-refractivity contribution is 5.68. The summed E-state index contributed by atoms with van der Waals surface area (Å²) >= 11 is 0. The summed E-state index contributed by atoms with van der Waals surface area (Å²) < 4.78 is 19.4. The van der Waals surface area contributed by atoms with Gasteiger partial charge in [0, 0.05) is 6.61 Å². The Morgan fingerprint density at radius 2 is 2.00 bits per heavy atom. The first kappa shape index (κ1) is 18.2. The van der Waals surface area contributed by atoms with E-state index in [0.717, 1.165) is 5.56 Å². The van der Waals surface area contributed by atoms with Gasteiger partial charge in [-0.05, 0) is 45.3 Å². The fraction of sp³-hybridized carbons (Fsp3) is 0.471. The van der Waals surface area contributed by atoms with E-state index in [1.54, 1.807) is 20.8 Å². The standard InChI is InChI=1S/C17H24FNO3/c1-17(2,3)22-16(21)19-15(14(18)10-7-11-20)12-13-8-5-4-6-9-13/h4-6,8-10,15,20H,7,11-12H2,1-3H3,(H,19,21)/b14-10+. The molecule has 0 fully saturated rings. The van der Waals surface area contributed by atoms with Crippen molar-refractivity contribution in [3.05, 3.63) is 47.8 Å². The number of amides is 1. The quantitative estimate of drug-likeness (QED) is 0.847. The van der Waals surface area contributed by atoms with Crippen molar-refractivity contribution in [1.82, 2.24) is 5.32 Å². The Hall–Kier alpha value is -1.88. The molecule has 0 saturated carbocycles. The second kappa shape index (κ2) is 8.54. The molecule has 1 aromatic rings. The van der Waals surface area contributed by atoms with Crippen molar-refractivity contribution >= 4 is 6.09 Å². The summed E-state index contributed by atoms with van der Waals surface area (Å²) in [4.78, 5) is 11.9. The molecule has 0 aliphatic heterocycles. The van der Waals surface area contributed by atoms with Crippen molar-refractivity contribution in [3.63, 3.8) is 0 Å². The van der Waals surface area contributed by atoms with E-state index >= 15 is 0 Å². The number of benzene rings is 1. The minimum atomic E-state index is -0.816. The molecular formula is C17H24FNO3. The lowest BCUT2D eigenvalue weighted by atomic mass is 10.0. The average molecular weight is 309 g/mol. The molecule has 22 heavy (non-hydrogen) atoms.